The molecule has 1 aromatic carbocycles. The third-order valence-electron chi connectivity index (χ3n) is 3.83. The highest BCUT2D eigenvalue weighted by atomic mass is 16.6. The summed E-state index contributed by atoms with van der Waals surface area (Å²) in [4.78, 5) is 11.8. The second kappa shape index (κ2) is 6.35. The minimum atomic E-state index is -0.195. The van der Waals surface area contributed by atoms with Crippen molar-refractivity contribution in [1.82, 2.24) is 5.32 Å². The first kappa shape index (κ1) is 15.6. The first-order valence-electron chi connectivity index (χ1n) is 7.32. The van der Waals surface area contributed by atoms with Gasteiger partial charge in [-0.25, -0.2) is 0 Å². The van der Waals surface area contributed by atoms with Gasteiger partial charge in [-0.2, -0.15) is 0 Å². The second-order valence-corrected chi connectivity index (χ2v) is 6.10. The Morgan fingerprint density at radius 3 is 2.67 bits per heavy atom. The van der Waals surface area contributed by atoms with Crippen LogP contribution in [0.1, 0.15) is 26.3 Å². The lowest BCUT2D eigenvalue weighted by Crippen LogP contribution is -2.40. The van der Waals surface area contributed by atoms with Crippen LogP contribution in [-0.4, -0.2) is 32.2 Å². The van der Waals surface area contributed by atoms with Crippen molar-refractivity contribution in [2.24, 2.45) is 11.7 Å². The van der Waals surface area contributed by atoms with Crippen LogP contribution >= 0.6 is 0 Å². The summed E-state index contributed by atoms with van der Waals surface area (Å²) in [6.07, 6.45) is 0. The number of amides is 1. The zero-order chi connectivity index (χ0) is 15.5. The third kappa shape index (κ3) is 3.67. The topological polar surface area (TPSA) is 73.6 Å². The predicted octanol–water partition coefficient (Wildman–Crippen LogP) is 1.45. The van der Waals surface area contributed by atoms with Gasteiger partial charge in [-0.15, -0.1) is 0 Å². The molecule has 0 fully saturated rings. The van der Waals surface area contributed by atoms with Crippen molar-refractivity contribution >= 4 is 5.91 Å². The first-order chi connectivity index (χ1) is 9.94. The molecule has 0 spiro atoms. The summed E-state index contributed by atoms with van der Waals surface area (Å²) in [5.41, 5.74) is 6.42. The van der Waals surface area contributed by atoms with E-state index >= 15 is 0 Å². The number of benzene rings is 1. The molecular weight excluding hydrogens is 268 g/mol. The summed E-state index contributed by atoms with van der Waals surface area (Å²) >= 11 is 0. The van der Waals surface area contributed by atoms with E-state index < -0.39 is 0 Å². The SMILES string of the molecule is CC(CN)C(=O)NCC(C)(C)c1ccc2c(c1)OCCO2. The smallest absolute Gasteiger partial charge is 0.224 e. The molecule has 5 nitrogen and oxygen atoms in total. The van der Waals surface area contributed by atoms with E-state index in [9.17, 15) is 4.79 Å². The largest absolute Gasteiger partial charge is 0.486 e. The molecule has 21 heavy (non-hydrogen) atoms. The second-order valence-electron chi connectivity index (χ2n) is 6.10. The Balaban J connectivity index is 2.06. The fourth-order valence-corrected chi connectivity index (χ4v) is 2.16. The maximum absolute atomic E-state index is 11.8. The Morgan fingerprint density at radius 2 is 2.00 bits per heavy atom. The van der Waals surface area contributed by atoms with Crippen LogP contribution in [0, 0.1) is 5.92 Å². The van der Waals surface area contributed by atoms with Crippen LogP contribution in [-0.2, 0) is 10.2 Å². The summed E-state index contributed by atoms with van der Waals surface area (Å²) in [5, 5.41) is 2.96. The number of hydrogen-bond donors (Lipinski definition) is 2. The average Bonchev–Trinajstić information content (AvgIpc) is 2.51. The van der Waals surface area contributed by atoms with Gasteiger partial charge in [-0.1, -0.05) is 26.8 Å². The van der Waals surface area contributed by atoms with E-state index in [2.05, 4.69) is 19.2 Å². The van der Waals surface area contributed by atoms with E-state index in [0.717, 1.165) is 17.1 Å². The number of carbonyl (C=O) groups excluding carboxylic acids is 1. The first-order valence-corrected chi connectivity index (χ1v) is 7.32. The number of ether oxygens (including phenoxy) is 2. The molecule has 0 aromatic heterocycles. The molecular formula is C16H24N2O3. The van der Waals surface area contributed by atoms with Gasteiger partial charge in [0.15, 0.2) is 11.5 Å². The molecule has 1 amide bonds. The quantitative estimate of drug-likeness (QED) is 0.861. The highest BCUT2D eigenvalue weighted by Gasteiger charge is 2.24. The molecule has 116 valence electrons. The Morgan fingerprint density at radius 1 is 1.33 bits per heavy atom. The van der Waals surface area contributed by atoms with Crippen LogP contribution in [0.3, 0.4) is 0 Å². The maximum Gasteiger partial charge on any atom is 0.224 e. The van der Waals surface area contributed by atoms with Crippen molar-refractivity contribution in [1.29, 1.82) is 0 Å². The van der Waals surface area contributed by atoms with E-state index in [1.165, 1.54) is 0 Å². The minimum absolute atomic E-state index is 0.0110. The van der Waals surface area contributed by atoms with Gasteiger partial charge in [-0.05, 0) is 17.7 Å². The van der Waals surface area contributed by atoms with Gasteiger partial charge in [0, 0.05) is 24.4 Å². The molecule has 2 rings (SSSR count). The summed E-state index contributed by atoms with van der Waals surface area (Å²) < 4.78 is 11.1. The lowest BCUT2D eigenvalue weighted by atomic mass is 9.84. The molecule has 1 aromatic rings. The number of carbonyl (C=O) groups is 1. The molecule has 0 bridgehead atoms. The zero-order valence-corrected chi connectivity index (χ0v) is 12.9. The normalized spacial score (nSPS) is 15.4. The van der Waals surface area contributed by atoms with E-state index in [-0.39, 0.29) is 17.2 Å². The van der Waals surface area contributed by atoms with E-state index in [1.807, 2.05) is 25.1 Å². The minimum Gasteiger partial charge on any atom is -0.486 e. The van der Waals surface area contributed by atoms with Gasteiger partial charge in [0.05, 0.1) is 0 Å². The molecule has 3 N–H and O–H groups in total. The monoisotopic (exact) mass is 292 g/mol. The molecule has 0 saturated heterocycles. The van der Waals surface area contributed by atoms with Crippen LogP contribution in [0.15, 0.2) is 18.2 Å². The van der Waals surface area contributed by atoms with Crippen molar-refractivity contribution in [3.63, 3.8) is 0 Å². The van der Waals surface area contributed by atoms with Crippen molar-refractivity contribution in [2.75, 3.05) is 26.3 Å². The van der Waals surface area contributed by atoms with Gasteiger partial charge in [0.25, 0.3) is 0 Å². The Kier molecular flexibility index (Phi) is 4.73. The molecule has 1 aliphatic rings. The molecule has 5 heteroatoms. The van der Waals surface area contributed by atoms with Crippen LogP contribution < -0.4 is 20.5 Å². The lowest BCUT2D eigenvalue weighted by Gasteiger charge is -2.28. The summed E-state index contributed by atoms with van der Waals surface area (Å²) in [6.45, 7) is 8.07. The van der Waals surface area contributed by atoms with Gasteiger partial charge in [0.2, 0.25) is 5.91 Å². The molecule has 0 saturated carbocycles. The van der Waals surface area contributed by atoms with Crippen molar-refractivity contribution < 1.29 is 14.3 Å². The summed E-state index contributed by atoms with van der Waals surface area (Å²) in [5.74, 6) is 1.37. The Hall–Kier alpha value is -1.75. The Bertz CT molecular complexity index is 514. The number of hydrogen-bond acceptors (Lipinski definition) is 4. The number of fused-ring (bicyclic) bond motifs is 1. The highest BCUT2D eigenvalue weighted by Crippen LogP contribution is 2.34. The molecule has 1 aliphatic heterocycles. The van der Waals surface area contributed by atoms with E-state index in [0.29, 0.717) is 26.3 Å². The maximum atomic E-state index is 11.8. The average molecular weight is 292 g/mol. The number of rotatable bonds is 5. The lowest BCUT2D eigenvalue weighted by molar-refractivity contribution is -0.124. The molecule has 1 atom stereocenters. The van der Waals surface area contributed by atoms with Crippen molar-refractivity contribution in [3.05, 3.63) is 23.8 Å². The van der Waals surface area contributed by atoms with Crippen LogP contribution in [0.2, 0.25) is 0 Å². The molecule has 1 unspecified atom stereocenters. The number of nitrogens with two attached hydrogens (primary N) is 1. The standard InChI is InChI=1S/C16H24N2O3/c1-11(9-17)15(19)18-10-16(2,3)12-4-5-13-14(8-12)21-7-6-20-13/h4-5,8,11H,6-7,9-10,17H2,1-3H3,(H,18,19). The van der Waals surface area contributed by atoms with Crippen LogP contribution in [0.4, 0.5) is 0 Å². The van der Waals surface area contributed by atoms with Crippen molar-refractivity contribution in [3.8, 4) is 11.5 Å². The van der Waals surface area contributed by atoms with E-state index in [1.54, 1.807) is 0 Å². The highest BCUT2D eigenvalue weighted by molar-refractivity contribution is 5.78. The molecule has 0 radical (unpaired) electrons. The summed E-state index contributed by atoms with van der Waals surface area (Å²) in [7, 11) is 0. The van der Waals surface area contributed by atoms with E-state index in [4.69, 9.17) is 15.2 Å². The predicted molar refractivity (Wildman–Crippen MR) is 81.7 cm³/mol. The van der Waals surface area contributed by atoms with Gasteiger partial charge < -0.3 is 20.5 Å². The Labute approximate surface area is 125 Å². The molecule has 1 heterocycles. The van der Waals surface area contributed by atoms with Gasteiger partial charge in [-0.3, -0.25) is 4.79 Å². The fourth-order valence-electron chi connectivity index (χ4n) is 2.16. The molecule has 0 aliphatic carbocycles. The zero-order valence-electron chi connectivity index (χ0n) is 12.9. The summed E-state index contributed by atoms with van der Waals surface area (Å²) in [6, 6.07) is 5.94. The fraction of sp³-hybridized carbons (Fsp3) is 0.562. The number of nitrogens with one attached hydrogen (secondary N) is 1. The van der Waals surface area contributed by atoms with Gasteiger partial charge in [0.1, 0.15) is 13.2 Å². The van der Waals surface area contributed by atoms with Crippen LogP contribution in [0.5, 0.6) is 11.5 Å². The third-order valence-corrected chi connectivity index (χ3v) is 3.83. The van der Waals surface area contributed by atoms with Crippen molar-refractivity contribution in [2.45, 2.75) is 26.2 Å². The van der Waals surface area contributed by atoms with Gasteiger partial charge >= 0.3 is 0 Å². The van der Waals surface area contributed by atoms with Crippen LogP contribution in [0.25, 0.3) is 0 Å².